The number of para-hydroxylation sites is 1. The summed E-state index contributed by atoms with van der Waals surface area (Å²) >= 11 is 1.27. The van der Waals surface area contributed by atoms with Crippen molar-refractivity contribution in [2.75, 3.05) is 0 Å². The van der Waals surface area contributed by atoms with Crippen molar-refractivity contribution in [2.45, 2.75) is 75.7 Å². The van der Waals surface area contributed by atoms with Crippen molar-refractivity contribution in [3.63, 3.8) is 0 Å². The number of nitrogens with zero attached hydrogens (tertiary/aromatic N) is 3. The molecule has 1 fully saturated rings. The van der Waals surface area contributed by atoms with Gasteiger partial charge in [-0.3, -0.25) is 19.4 Å². The van der Waals surface area contributed by atoms with Crippen molar-refractivity contribution in [3.05, 3.63) is 65.5 Å². The lowest BCUT2D eigenvalue weighted by Crippen LogP contribution is -2.45. The number of carbonyl (C=O) groups excluding carboxylic acids is 3. The second-order valence-corrected chi connectivity index (χ2v) is 11.2. The summed E-state index contributed by atoms with van der Waals surface area (Å²) in [6, 6.07) is 12.6. The zero-order valence-corrected chi connectivity index (χ0v) is 22.7. The fourth-order valence-electron chi connectivity index (χ4n) is 5.06. The van der Waals surface area contributed by atoms with E-state index < -0.39 is 11.3 Å². The minimum absolute atomic E-state index is 0.0437. The quantitative estimate of drug-likeness (QED) is 0.508. The lowest BCUT2D eigenvalue weighted by atomic mass is 9.95. The zero-order chi connectivity index (χ0) is 27.4. The third kappa shape index (κ3) is 6.21. The number of nitrogens with one attached hydrogen (secondary N) is 2. The number of thioether (sulfide) groups is 1. The molecule has 2 N–H and O–H groups in total. The van der Waals surface area contributed by atoms with Crippen LogP contribution >= 0.6 is 11.8 Å². The van der Waals surface area contributed by atoms with Crippen LogP contribution in [0.5, 0.6) is 0 Å². The summed E-state index contributed by atoms with van der Waals surface area (Å²) in [7, 11) is 0. The molecule has 204 valence electrons. The zero-order valence-electron chi connectivity index (χ0n) is 21.9. The van der Waals surface area contributed by atoms with Crippen LogP contribution in [-0.2, 0) is 20.9 Å². The van der Waals surface area contributed by atoms with E-state index in [1.165, 1.54) is 35.2 Å². The minimum atomic E-state index is -0.902. The smallest absolute Gasteiger partial charge is 0.259 e. The number of fused-ring (bicyclic) bond motifs is 3. The second-order valence-electron chi connectivity index (χ2n) is 10.0. The first-order valence-electron chi connectivity index (χ1n) is 13.5. The van der Waals surface area contributed by atoms with Crippen LogP contribution in [0, 0.1) is 5.82 Å². The Kier molecular flexibility index (Phi) is 8.40. The van der Waals surface area contributed by atoms with Crippen molar-refractivity contribution in [1.82, 2.24) is 15.5 Å². The van der Waals surface area contributed by atoms with Gasteiger partial charge in [-0.1, -0.05) is 62.2 Å². The molecule has 0 saturated heterocycles. The van der Waals surface area contributed by atoms with Gasteiger partial charge in [0.2, 0.25) is 11.8 Å². The van der Waals surface area contributed by atoms with E-state index in [0.717, 1.165) is 31.2 Å². The first-order chi connectivity index (χ1) is 18.9. The van der Waals surface area contributed by atoms with Crippen LogP contribution in [0.2, 0.25) is 0 Å². The van der Waals surface area contributed by atoms with E-state index in [4.69, 9.17) is 4.99 Å². The number of halogens is 1. The number of hydrogen-bond acceptors (Lipinski definition) is 6. The summed E-state index contributed by atoms with van der Waals surface area (Å²) in [6.45, 7) is 2.17. The van der Waals surface area contributed by atoms with E-state index in [2.05, 4.69) is 15.6 Å². The van der Waals surface area contributed by atoms with Crippen LogP contribution in [0.1, 0.15) is 63.0 Å². The second kappa shape index (κ2) is 12.1. The highest BCUT2D eigenvalue weighted by atomic mass is 32.2. The van der Waals surface area contributed by atoms with Crippen LogP contribution in [0.3, 0.4) is 0 Å². The summed E-state index contributed by atoms with van der Waals surface area (Å²) in [5.74, 6) is -0.615. The molecule has 39 heavy (non-hydrogen) atoms. The first kappa shape index (κ1) is 27.1. The Morgan fingerprint density at radius 1 is 1.10 bits per heavy atom. The maximum Gasteiger partial charge on any atom is 0.259 e. The van der Waals surface area contributed by atoms with E-state index in [1.807, 2.05) is 31.2 Å². The Labute approximate surface area is 231 Å². The van der Waals surface area contributed by atoms with E-state index in [9.17, 15) is 18.8 Å². The highest BCUT2D eigenvalue weighted by Gasteiger charge is 2.43. The van der Waals surface area contributed by atoms with Gasteiger partial charge in [-0.05, 0) is 49.1 Å². The van der Waals surface area contributed by atoms with Crippen molar-refractivity contribution >= 4 is 46.2 Å². The molecule has 0 unspecified atom stereocenters. The van der Waals surface area contributed by atoms with Gasteiger partial charge in [0.1, 0.15) is 17.7 Å². The molecule has 1 saturated carbocycles. The van der Waals surface area contributed by atoms with E-state index in [1.54, 1.807) is 12.1 Å². The molecule has 1 aliphatic carbocycles. The molecule has 3 aliphatic rings. The minimum Gasteiger partial charge on any atom is -0.352 e. The van der Waals surface area contributed by atoms with Gasteiger partial charge >= 0.3 is 0 Å². The van der Waals surface area contributed by atoms with E-state index in [0.29, 0.717) is 28.7 Å². The van der Waals surface area contributed by atoms with Crippen LogP contribution in [0.25, 0.3) is 0 Å². The van der Waals surface area contributed by atoms with Crippen molar-refractivity contribution in [2.24, 2.45) is 9.98 Å². The predicted octanol–water partition coefficient (Wildman–Crippen LogP) is 4.45. The van der Waals surface area contributed by atoms with Crippen LogP contribution < -0.4 is 10.6 Å². The van der Waals surface area contributed by atoms with Gasteiger partial charge in [-0.2, -0.15) is 0 Å². The topological polar surface area (TPSA) is 103 Å². The Bertz CT molecular complexity index is 1310. The molecule has 2 aliphatic heterocycles. The van der Waals surface area contributed by atoms with Gasteiger partial charge in [0.15, 0.2) is 5.17 Å². The normalized spacial score (nSPS) is 19.5. The van der Waals surface area contributed by atoms with Gasteiger partial charge < -0.3 is 10.6 Å². The average Bonchev–Trinajstić information content (AvgIpc) is 3.27. The Morgan fingerprint density at radius 3 is 2.59 bits per heavy atom. The molecule has 0 spiro atoms. The fourth-order valence-corrected chi connectivity index (χ4v) is 6.08. The largest absolute Gasteiger partial charge is 0.352 e. The highest BCUT2D eigenvalue weighted by molar-refractivity contribution is 8.15. The van der Waals surface area contributed by atoms with Crippen molar-refractivity contribution in [3.8, 4) is 0 Å². The Balaban J connectivity index is 1.30. The van der Waals surface area contributed by atoms with Crippen LogP contribution in [-0.4, -0.2) is 51.0 Å². The number of aliphatic imine (C=N–C) groups is 2. The fraction of sp³-hybridized carbons (Fsp3) is 0.414. The summed E-state index contributed by atoms with van der Waals surface area (Å²) in [6.07, 6.45) is 5.89. The average molecular weight is 550 g/mol. The molecule has 0 radical (unpaired) electrons. The molecule has 2 atom stereocenters. The third-order valence-electron chi connectivity index (χ3n) is 7.19. The van der Waals surface area contributed by atoms with E-state index >= 15 is 0 Å². The molecule has 2 aromatic rings. The standard InChI is InChI=1S/C29H32FN5O3S/c1-2-24(27(37)32-20-8-4-3-5-9-20)39-29-34-22-11-7-6-10-21(22)26-33-23(28(38)35(26)29)16-25(36)31-17-18-12-14-19(30)15-13-18/h6-7,10-15,20,23-24H,2-5,8-9,16-17H2,1H3,(H,31,36)(H,32,37)/t23-,24-/m0/s1. The third-order valence-corrected chi connectivity index (χ3v) is 8.51. The summed E-state index contributed by atoms with van der Waals surface area (Å²) < 4.78 is 13.2. The van der Waals surface area contributed by atoms with Crippen molar-refractivity contribution < 1.29 is 18.8 Å². The van der Waals surface area contributed by atoms with Crippen LogP contribution in [0.15, 0.2) is 58.5 Å². The molecular formula is C29H32FN5O3S. The number of rotatable bonds is 8. The first-order valence-corrected chi connectivity index (χ1v) is 14.4. The molecular weight excluding hydrogens is 517 g/mol. The molecule has 8 nitrogen and oxygen atoms in total. The maximum atomic E-state index is 13.6. The Morgan fingerprint density at radius 2 is 1.85 bits per heavy atom. The molecule has 0 aromatic heterocycles. The summed E-state index contributed by atoms with van der Waals surface area (Å²) in [5, 5.41) is 5.96. The molecule has 2 heterocycles. The summed E-state index contributed by atoms with van der Waals surface area (Å²) in [4.78, 5) is 50.3. The maximum absolute atomic E-state index is 13.6. The number of carbonyl (C=O) groups is 3. The highest BCUT2D eigenvalue weighted by Crippen LogP contribution is 2.35. The molecule has 10 heteroatoms. The lowest BCUT2D eigenvalue weighted by molar-refractivity contribution is -0.128. The monoisotopic (exact) mass is 549 g/mol. The Hall–Kier alpha value is -3.53. The molecule has 3 amide bonds. The predicted molar refractivity (Wildman–Crippen MR) is 150 cm³/mol. The number of benzene rings is 2. The number of hydrogen-bond donors (Lipinski definition) is 2. The number of amidine groups is 2. The van der Waals surface area contributed by atoms with Gasteiger partial charge in [-0.15, -0.1) is 0 Å². The number of amides is 3. The van der Waals surface area contributed by atoms with E-state index in [-0.39, 0.29) is 42.5 Å². The molecule has 2 aromatic carbocycles. The van der Waals surface area contributed by atoms with Gasteiger partial charge in [0.05, 0.1) is 17.4 Å². The van der Waals surface area contributed by atoms with Crippen LogP contribution in [0.4, 0.5) is 10.1 Å². The van der Waals surface area contributed by atoms with Gasteiger partial charge in [-0.25, -0.2) is 14.3 Å². The SMILES string of the molecule is CC[C@H](SC1=Nc2ccccc2C2=N[C@@H](CC(=O)NCc3ccc(F)cc3)C(=O)N12)C(=O)NC1CCCCC1. The molecule has 0 bridgehead atoms. The van der Waals surface area contributed by atoms with Crippen molar-refractivity contribution in [1.29, 1.82) is 0 Å². The summed E-state index contributed by atoms with van der Waals surface area (Å²) in [5.41, 5.74) is 2.14. The molecule has 5 rings (SSSR count). The van der Waals surface area contributed by atoms with Gasteiger partial charge in [0.25, 0.3) is 5.91 Å². The lowest BCUT2D eigenvalue weighted by Gasteiger charge is -2.29. The van der Waals surface area contributed by atoms with Gasteiger partial charge in [0, 0.05) is 18.2 Å².